The zero-order valence-electron chi connectivity index (χ0n) is 14.4. The summed E-state index contributed by atoms with van der Waals surface area (Å²) in [5, 5.41) is 23.8. The highest BCUT2D eigenvalue weighted by atomic mass is 16.6. The third-order valence-corrected chi connectivity index (χ3v) is 3.47. The van der Waals surface area contributed by atoms with Crippen LogP contribution in [-0.4, -0.2) is 48.5 Å². The van der Waals surface area contributed by atoms with Crippen molar-refractivity contribution in [2.24, 2.45) is 11.1 Å². The van der Waals surface area contributed by atoms with Gasteiger partial charge in [-0.15, -0.1) is 0 Å². The lowest BCUT2D eigenvalue weighted by molar-refractivity contribution is 0.0428. The van der Waals surface area contributed by atoms with Crippen LogP contribution in [-0.2, 0) is 16.2 Å². The van der Waals surface area contributed by atoms with Crippen LogP contribution in [0, 0.1) is 5.92 Å². The van der Waals surface area contributed by atoms with E-state index >= 15 is 0 Å². The SMILES string of the molecule is COc1ccc(CO/N=C(\[C@@H](OC)C(C)C)[C@@H](O)[C@@H](C)O)cc1. The molecule has 0 radical (unpaired) electrons. The van der Waals surface area contributed by atoms with Crippen molar-refractivity contribution in [3.63, 3.8) is 0 Å². The van der Waals surface area contributed by atoms with Gasteiger partial charge in [-0.25, -0.2) is 0 Å². The van der Waals surface area contributed by atoms with E-state index in [9.17, 15) is 10.2 Å². The van der Waals surface area contributed by atoms with Crippen LogP contribution in [0.1, 0.15) is 26.3 Å². The summed E-state index contributed by atoms with van der Waals surface area (Å²) in [5.41, 5.74) is 1.20. The van der Waals surface area contributed by atoms with Crippen molar-refractivity contribution in [3.05, 3.63) is 29.8 Å². The maximum atomic E-state index is 10.1. The smallest absolute Gasteiger partial charge is 0.142 e. The summed E-state index contributed by atoms with van der Waals surface area (Å²) in [6.07, 6.45) is -2.54. The topological polar surface area (TPSA) is 80.5 Å². The van der Waals surface area contributed by atoms with Gasteiger partial charge in [0.15, 0.2) is 0 Å². The molecule has 0 spiro atoms. The maximum Gasteiger partial charge on any atom is 0.142 e. The Balaban J connectivity index is 2.82. The van der Waals surface area contributed by atoms with Gasteiger partial charge >= 0.3 is 0 Å². The van der Waals surface area contributed by atoms with E-state index in [1.54, 1.807) is 14.2 Å². The molecule has 0 aliphatic carbocycles. The molecule has 0 saturated carbocycles. The number of methoxy groups -OCH3 is 2. The van der Waals surface area contributed by atoms with Crippen LogP contribution in [0.2, 0.25) is 0 Å². The van der Waals surface area contributed by atoms with E-state index in [-0.39, 0.29) is 18.2 Å². The van der Waals surface area contributed by atoms with E-state index in [4.69, 9.17) is 14.3 Å². The van der Waals surface area contributed by atoms with E-state index in [1.165, 1.54) is 6.92 Å². The summed E-state index contributed by atoms with van der Waals surface area (Å²) in [6, 6.07) is 7.41. The Labute approximate surface area is 137 Å². The fourth-order valence-corrected chi connectivity index (χ4v) is 2.16. The second-order valence-corrected chi connectivity index (χ2v) is 5.72. The Morgan fingerprint density at radius 3 is 2.13 bits per heavy atom. The van der Waals surface area contributed by atoms with Gasteiger partial charge in [-0.1, -0.05) is 31.1 Å². The van der Waals surface area contributed by atoms with Crippen LogP contribution in [0.15, 0.2) is 29.4 Å². The van der Waals surface area contributed by atoms with Crippen molar-refractivity contribution in [1.29, 1.82) is 0 Å². The molecule has 0 heterocycles. The fraction of sp³-hybridized carbons (Fsp3) is 0.588. The standard InChI is InChI=1S/C17H27NO5/c1-11(2)17(22-5)15(16(20)12(3)19)18-23-10-13-6-8-14(21-4)9-7-13/h6-9,11-12,16-17,19-20H,10H2,1-5H3/b18-15-/t12-,16+,17+/m1/s1. The predicted molar refractivity (Wildman–Crippen MR) is 88.5 cm³/mol. The Hall–Kier alpha value is -1.63. The Kier molecular flexibility index (Phi) is 8.02. The molecule has 6 nitrogen and oxygen atoms in total. The van der Waals surface area contributed by atoms with Crippen LogP contribution in [0.25, 0.3) is 0 Å². The molecule has 2 N–H and O–H groups in total. The molecule has 3 atom stereocenters. The van der Waals surface area contributed by atoms with Crippen molar-refractivity contribution < 1.29 is 24.5 Å². The summed E-state index contributed by atoms with van der Waals surface area (Å²) < 4.78 is 10.5. The number of hydrogen-bond acceptors (Lipinski definition) is 6. The van der Waals surface area contributed by atoms with Crippen molar-refractivity contribution >= 4 is 5.71 Å². The summed E-state index contributed by atoms with van der Waals surface area (Å²) >= 11 is 0. The van der Waals surface area contributed by atoms with Crippen molar-refractivity contribution in [3.8, 4) is 5.75 Å². The molecule has 1 aromatic rings. The van der Waals surface area contributed by atoms with E-state index in [2.05, 4.69) is 5.16 Å². The van der Waals surface area contributed by atoms with Gasteiger partial charge in [0.1, 0.15) is 30.3 Å². The molecule has 0 aromatic heterocycles. The van der Waals surface area contributed by atoms with Crippen molar-refractivity contribution in [2.45, 2.75) is 45.7 Å². The highest BCUT2D eigenvalue weighted by Crippen LogP contribution is 2.15. The number of hydrogen-bond donors (Lipinski definition) is 2. The van der Waals surface area contributed by atoms with E-state index in [0.717, 1.165) is 11.3 Å². The highest BCUT2D eigenvalue weighted by Gasteiger charge is 2.29. The molecule has 1 aromatic carbocycles. The molecule has 0 aliphatic rings. The second-order valence-electron chi connectivity index (χ2n) is 5.72. The Morgan fingerprint density at radius 2 is 1.70 bits per heavy atom. The summed E-state index contributed by atoms with van der Waals surface area (Å²) in [4.78, 5) is 5.36. The number of rotatable bonds is 9. The van der Waals surface area contributed by atoms with Gasteiger partial charge in [-0.2, -0.15) is 0 Å². The molecule has 130 valence electrons. The molecule has 0 bridgehead atoms. The van der Waals surface area contributed by atoms with Crippen molar-refractivity contribution in [2.75, 3.05) is 14.2 Å². The Morgan fingerprint density at radius 1 is 1.09 bits per heavy atom. The lowest BCUT2D eigenvalue weighted by Crippen LogP contribution is -2.42. The second kappa shape index (κ2) is 9.50. The normalized spacial score (nSPS) is 16.1. The first-order chi connectivity index (χ1) is 10.9. The molecule has 23 heavy (non-hydrogen) atoms. The fourth-order valence-electron chi connectivity index (χ4n) is 2.16. The quantitative estimate of drug-likeness (QED) is 0.536. The number of benzene rings is 1. The maximum absolute atomic E-state index is 10.1. The third-order valence-electron chi connectivity index (χ3n) is 3.47. The van der Waals surface area contributed by atoms with E-state index < -0.39 is 18.3 Å². The van der Waals surface area contributed by atoms with Gasteiger partial charge < -0.3 is 24.5 Å². The molecule has 0 saturated heterocycles. The average molecular weight is 325 g/mol. The minimum Gasteiger partial charge on any atom is -0.497 e. The minimum atomic E-state index is -1.14. The molecule has 0 fully saturated rings. The third kappa shape index (κ3) is 5.82. The Bertz CT molecular complexity index is 484. The summed E-state index contributed by atoms with van der Waals surface area (Å²) in [7, 11) is 3.15. The predicted octanol–water partition coefficient (Wildman–Crippen LogP) is 1.98. The number of ether oxygens (including phenoxy) is 2. The molecule has 1 rings (SSSR count). The van der Waals surface area contributed by atoms with Gasteiger partial charge in [-0.05, 0) is 30.5 Å². The van der Waals surface area contributed by atoms with E-state index in [0.29, 0.717) is 0 Å². The van der Waals surface area contributed by atoms with Gasteiger partial charge in [0.2, 0.25) is 0 Å². The van der Waals surface area contributed by atoms with Gasteiger partial charge in [0.25, 0.3) is 0 Å². The molecule has 0 unspecified atom stereocenters. The summed E-state index contributed by atoms with van der Waals surface area (Å²) in [5.74, 6) is 0.846. The van der Waals surface area contributed by atoms with Gasteiger partial charge in [0.05, 0.1) is 13.2 Å². The van der Waals surface area contributed by atoms with Crippen LogP contribution in [0.4, 0.5) is 0 Å². The first-order valence-corrected chi connectivity index (χ1v) is 7.62. The summed E-state index contributed by atoms with van der Waals surface area (Å²) in [6.45, 7) is 5.63. The highest BCUT2D eigenvalue weighted by molar-refractivity contribution is 5.92. The number of nitrogens with zero attached hydrogens (tertiary/aromatic N) is 1. The lowest BCUT2D eigenvalue weighted by Gasteiger charge is -2.25. The monoisotopic (exact) mass is 325 g/mol. The molecule has 6 heteroatoms. The van der Waals surface area contributed by atoms with E-state index in [1.807, 2.05) is 38.1 Å². The molecule has 0 aliphatic heterocycles. The van der Waals surface area contributed by atoms with Crippen LogP contribution < -0.4 is 4.74 Å². The zero-order chi connectivity index (χ0) is 17.4. The molecular formula is C17H27NO5. The number of oxime groups is 1. The average Bonchev–Trinajstić information content (AvgIpc) is 2.53. The zero-order valence-corrected chi connectivity index (χ0v) is 14.4. The first-order valence-electron chi connectivity index (χ1n) is 7.62. The van der Waals surface area contributed by atoms with Crippen LogP contribution in [0.5, 0.6) is 5.75 Å². The minimum absolute atomic E-state index is 0.0803. The molecular weight excluding hydrogens is 298 g/mol. The lowest BCUT2D eigenvalue weighted by atomic mass is 9.96. The van der Waals surface area contributed by atoms with Crippen molar-refractivity contribution in [1.82, 2.24) is 0 Å². The van der Waals surface area contributed by atoms with Crippen LogP contribution in [0.3, 0.4) is 0 Å². The van der Waals surface area contributed by atoms with Gasteiger partial charge in [0, 0.05) is 7.11 Å². The number of aliphatic hydroxyl groups is 2. The molecule has 0 amide bonds. The first kappa shape index (κ1) is 19.4. The largest absolute Gasteiger partial charge is 0.497 e. The van der Waals surface area contributed by atoms with Gasteiger partial charge in [-0.3, -0.25) is 0 Å². The van der Waals surface area contributed by atoms with Crippen LogP contribution >= 0.6 is 0 Å². The number of aliphatic hydroxyl groups excluding tert-OH is 2.